The van der Waals surface area contributed by atoms with E-state index in [1.54, 1.807) is 37.5 Å². The molecule has 0 spiro atoms. The molecule has 228 valence electrons. The van der Waals surface area contributed by atoms with Crippen LogP contribution >= 0.6 is 11.6 Å². The molecule has 11 nitrogen and oxygen atoms in total. The summed E-state index contributed by atoms with van der Waals surface area (Å²) in [5, 5.41) is 20.1. The number of amides is 1. The van der Waals surface area contributed by atoms with Gasteiger partial charge in [-0.3, -0.25) is 14.3 Å². The van der Waals surface area contributed by atoms with Crippen LogP contribution in [0.5, 0.6) is 5.75 Å². The van der Waals surface area contributed by atoms with Gasteiger partial charge in [-0.1, -0.05) is 17.7 Å². The van der Waals surface area contributed by atoms with Crippen LogP contribution in [0.15, 0.2) is 42.9 Å². The third kappa shape index (κ3) is 6.04. The Morgan fingerprint density at radius 3 is 2.74 bits per heavy atom. The summed E-state index contributed by atoms with van der Waals surface area (Å²) in [6.45, 7) is 6.82. The Hall–Kier alpha value is -3.74. The first kappa shape index (κ1) is 29.3. The number of fused-ring (bicyclic) bond motifs is 1. The van der Waals surface area contributed by atoms with Crippen molar-refractivity contribution in [1.82, 2.24) is 24.5 Å². The first-order valence-electron chi connectivity index (χ1n) is 14.5. The highest BCUT2D eigenvalue weighted by Gasteiger charge is 2.33. The predicted octanol–water partition coefficient (Wildman–Crippen LogP) is 6.31. The first-order valence-corrected chi connectivity index (χ1v) is 14.8. The van der Waals surface area contributed by atoms with Crippen LogP contribution in [0, 0.1) is 5.82 Å². The van der Waals surface area contributed by atoms with Gasteiger partial charge in [-0.05, 0) is 58.6 Å². The lowest BCUT2D eigenvalue weighted by molar-refractivity contribution is -0.139. The van der Waals surface area contributed by atoms with Crippen LogP contribution in [0.4, 0.5) is 15.0 Å². The Morgan fingerprint density at radius 2 is 2.05 bits per heavy atom. The SMILES string of the molecule is CCN(C(=O)O)c1cc2c(cn1)c(-c1cnn(CC3COC(C)(C)O3)c1)nn2C1CCC(Oc2cccc(Cl)c2F)CC1. The number of halogens is 2. The van der Waals surface area contributed by atoms with E-state index in [-0.39, 0.29) is 35.6 Å². The van der Waals surface area contributed by atoms with Crippen LogP contribution < -0.4 is 9.64 Å². The number of benzene rings is 1. The quantitative estimate of drug-likeness (QED) is 0.246. The number of carboxylic acid groups (broad SMARTS) is 1. The number of hydrogen-bond donors (Lipinski definition) is 1. The van der Waals surface area contributed by atoms with E-state index in [0.717, 1.165) is 29.3 Å². The lowest BCUT2D eigenvalue weighted by atomic mass is 9.93. The number of ether oxygens (including phenoxy) is 3. The number of hydrogen-bond acceptors (Lipinski definition) is 7. The van der Waals surface area contributed by atoms with Crippen LogP contribution in [0.2, 0.25) is 5.02 Å². The molecule has 43 heavy (non-hydrogen) atoms. The molecular weight excluding hydrogens is 579 g/mol. The number of anilines is 1. The third-order valence-electron chi connectivity index (χ3n) is 7.97. The molecule has 3 aromatic heterocycles. The molecule has 1 aliphatic carbocycles. The van der Waals surface area contributed by atoms with Gasteiger partial charge < -0.3 is 19.3 Å². The second-order valence-electron chi connectivity index (χ2n) is 11.4. The van der Waals surface area contributed by atoms with Gasteiger partial charge in [0.1, 0.15) is 17.6 Å². The third-order valence-corrected chi connectivity index (χ3v) is 8.26. The zero-order chi connectivity index (χ0) is 30.3. The molecule has 1 atom stereocenters. The average Bonchev–Trinajstić information content (AvgIpc) is 3.68. The summed E-state index contributed by atoms with van der Waals surface area (Å²) in [5.74, 6) is -0.681. The zero-order valence-corrected chi connectivity index (χ0v) is 25.0. The standard InChI is InChI=1S/C30H34ClFN6O5/c1-4-37(29(39)40)26-12-24-22(14-33-26)28(18-13-34-36(15-18)16-21-17-41-30(2,3)43-21)35-38(24)19-8-10-20(11-9-19)42-25-7-5-6-23(31)27(25)32/h5-7,12-15,19-21H,4,8-11,16-17H2,1-3H3,(H,39,40). The molecule has 2 fully saturated rings. The molecule has 1 N–H and O–H groups in total. The van der Waals surface area contributed by atoms with Crippen molar-refractivity contribution in [2.24, 2.45) is 0 Å². The minimum absolute atomic E-state index is 0.0248. The highest BCUT2D eigenvalue weighted by Crippen LogP contribution is 2.37. The molecule has 1 saturated carbocycles. The zero-order valence-electron chi connectivity index (χ0n) is 24.2. The molecule has 4 aromatic rings. The maximum absolute atomic E-state index is 14.4. The van der Waals surface area contributed by atoms with Crippen molar-refractivity contribution < 1.29 is 28.5 Å². The van der Waals surface area contributed by atoms with E-state index in [1.165, 1.54) is 11.0 Å². The lowest BCUT2D eigenvalue weighted by Crippen LogP contribution is -2.29. The van der Waals surface area contributed by atoms with Gasteiger partial charge in [0.2, 0.25) is 0 Å². The fourth-order valence-corrected chi connectivity index (χ4v) is 6.03. The summed E-state index contributed by atoms with van der Waals surface area (Å²) in [5.41, 5.74) is 2.31. The van der Waals surface area contributed by atoms with Gasteiger partial charge in [0.15, 0.2) is 17.4 Å². The molecular formula is C30H34ClFN6O5. The fourth-order valence-electron chi connectivity index (χ4n) is 5.87. The normalized spacial score (nSPS) is 21.7. The Labute approximate surface area is 253 Å². The van der Waals surface area contributed by atoms with E-state index in [2.05, 4.69) is 10.1 Å². The Bertz CT molecular complexity index is 1630. The van der Waals surface area contributed by atoms with Crippen LogP contribution in [0.1, 0.15) is 52.5 Å². The largest absolute Gasteiger partial charge is 0.487 e. The predicted molar refractivity (Wildman–Crippen MR) is 158 cm³/mol. The van der Waals surface area contributed by atoms with Gasteiger partial charge in [0.25, 0.3) is 0 Å². The van der Waals surface area contributed by atoms with Crippen LogP contribution in [0.25, 0.3) is 22.2 Å². The van der Waals surface area contributed by atoms with Crippen molar-refractivity contribution in [2.45, 2.75) is 77.0 Å². The smallest absolute Gasteiger partial charge is 0.412 e. The van der Waals surface area contributed by atoms with Gasteiger partial charge >= 0.3 is 6.09 Å². The van der Waals surface area contributed by atoms with Gasteiger partial charge in [0.05, 0.1) is 42.0 Å². The Balaban J connectivity index is 1.28. The number of rotatable bonds is 8. The molecule has 0 radical (unpaired) electrons. The molecule has 1 amide bonds. The van der Waals surface area contributed by atoms with E-state index in [0.29, 0.717) is 37.5 Å². The van der Waals surface area contributed by atoms with Gasteiger partial charge in [0, 0.05) is 36.0 Å². The van der Waals surface area contributed by atoms with Crippen molar-refractivity contribution in [1.29, 1.82) is 0 Å². The number of nitrogens with zero attached hydrogens (tertiary/aromatic N) is 6. The van der Waals surface area contributed by atoms with Crippen molar-refractivity contribution in [3.63, 3.8) is 0 Å². The Morgan fingerprint density at radius 1 is 1.26 bits per heavy atom. The van der Waals surface area contributed by atoms with Crippen LogP contribution in [0.3, 0.4) is 0 Å². The van der Waals surface area contributed by atoms with Crippen molar-refractivity contribution in [2.75, 3.05) is 18.1 Å². The van der Waals surface area contributed by atoms with E-state index in [4.69, 9.17) is 30.9 Å². The molecule has 13 heteroatoms. The van der Waals surface area contributed by atoms with Gasteiger partial charge in [-0.25, -0.2) is 14.2 Å². The molecule has 1 saturated heterocycles. The minimum atomic E-state index is -1.07. The highest BCUT2D eigenvalue weighted by atomic mass is 35.5. The monoisotopic (exact) mass is 612 g/mol. The molecule has 0 bridgehead atoms. The maximum Gasteiger partial charge on any atom is 0.412 e. The first-order chi connectivity index (χ1) is 20.6. The lowest BCUT2D eigenvalue weighted by Gasteiger charge is -2.29. The second-order valence-corrected chi connectivity index (χ2v) is 11.8. The summed E-state index contributed by atoms with van der Waals surface area (Å²) in [7, 11) is 0. The van der Waals surface area contributed by atoms with Crippen molar-refractivity contribution in [3.05, 3.63) is 53.7 Å². The summed E-state index contributed by atoms with van der Waals surface area (Å²) in [6.07, 6.45) is 6.89. The van der Waals surface area contributed by atoms with Crippen LogP contribution in [-0.2, 0) is 16.0 Å². The maximum atomic E-state index is 14.4. The van der Waals surface area contributed by atoms with Crippen molar-refractivity contribution in [3.8, 4) is 17.0 Å². The topological polar surface area (TPSA) is 117 Å². The summed E-state index contributed by atoms with van der Waals surface area (Å²) in [6, 6.07) is 6.56. The fraction of sp³-hybridized carbons (Fsp3) is 0.467. The number of pyridine rings is 1. The summed E-state index contributed by atoms with van der Waals surface area (Å²) in [4.78, 5) is 17.6. The molecule has 1 aliphatic heterocycles. The average molecular weight is 613 g/mol. The number of carbonyl (C=O) groups is 1. The molecule has 4 heterocycles. The van der Waals surface area contributed by atoms with E-state index in [1.807, 2.05) is 29.4 Å². The second kappa shape index (κ2) is 11.7. The van der Waals surface area contributed by atoms with Crippen molar-refractivity contribution >= 4 is 34.4 Å². The van der Waals surface area contributed by atoms with E-state index >= 15 is 0 Å². The minimum Gasteiger partial charge on any atom is -0.487 e. The molecule has 1 aromatic carbocycles. The highest BCUT2D eigenvalue weighted by molar-refractivity contribution is 6.30. The molecule has 2 aliphatic rings. The number of aromatic nitrogens is 5. The van der Waals surface area contributed by atoms with Gasteiger partial charge in [-0.2, -0.15) is 10.2 Å². The summed E-state index contributed by atoms with van der Waals surface area (Å²) >= 11 is 5.93. The van der Waals surface area contributed by atoms with Crippen LogP contribution in [-0.4, -0.2) is 66.9 Å². The van der Waals surface area contributed by atoms with E-state index in [9.17, 15) is 14.3 Å². The summed E-state index contributed by atoms with van der Waals surface area (Å²) < 4.78 is 35.8. The Kier molecular flexibility index (Phi) is 8.01. The van der Waals surface area contributed by atoms with E-state index < -0.39 is 17.7 Å². The van der Waals surface area contributed by atoms with Gasteiger partial charge in [-0.15, -0.1) is 0 Å². The molecule has 1 unspecified atom stereocenters. The molecule has 6 rings (SSSR count).